The number of methoxy groups -OCH3 is 1. The van der Waals surface area contributed by atoms with Gasteiger partial charge in [-0.25, -0.2) is 4.98 Å². The van der Waals surface area contributed by atoms with Crippen LogP contribution in [0.1, 0.15) is 62.5 Å². The molecule has 1 heterocycles. The maximum Gasteiger partial charge on any atom is 0.140 e. The number of ether oxygens (including phenoxy) is 1. The molecule has 18 heavy (non-hydrogen) atoms. The summed E-state index contributed by atoms with van der Waals surface area (Å²) in [5, 5.41) is 0. The summed E-state index contributed by atoms with van der Waals surface area (Å²) < 4.78 is 6.48. The van der Waals surface area contributed by atoms with E-state index in [1.54, 1.807) is 7.11 Å². The third kappa shape index (κ3) is 2.24. The van der Waals surface area contributed by atoms with E-state index in [0.29, 0.717) is 5.92 Å². The molecule has 0 bridgehead atoms. The molecule has 0 spiro atoms. The highest BCUT2D eigenvalue weighted by atomic mass is 32.1. The Hall–Kier alpha value is -0.740. The molecule has 1 aromatic heterocycles. The van der Waals surface area contributed by atoms with Crippen molar-refractivity contribution >= 4 is 12.2 Å². The molecule has 1 fully saturated rings. The van der Waals surface area contributed by atoms with Gasteiger partial charge in [0.1, 0.15) is 16.1 Å². The quantitative estimate of drug-likeness (QED) is 0.841. The molecule has 1 aliphatic carbocycles. The number of rotatable bonds is 3. The molecule has 0 unspecified atom stereocenters. The van der Waals surface area contributed by atoms with E-state index < -0.39 is 0 Å². The van der Waals surface area contributed by atoms with Crippen molar-refractivity contribution < 1.29 is 4.74 Å². The van der Waals surface area contributed by atoms with E-state index in [1.807, 2.05) is 0 Å². The molecule has 0 aromatic carbocycles. The summed E-state index contributed by atoms with van der Waals surface area (Å²) in [5.41, 5.74) is 2.04. The van der Waals surface area contributed by atoms with Crippen molar-refractivity contribution in [1.29, 1.82) is 0 Å². The molecule has 1 saturated carbocycles. The molecule has 0 atom stereocenters. The highest BCUT2D eigenvalue weighted by Gasteiger charge is 2.38. The van der Waals surface area contributed by atoms with Crippen LogP contribution in [0.15, 0.2) is 0 Å². The second-order valence-corrected chi connectivity index (χ2v) is 5.88. The topological polar surface area (TPSA) is 37.9 Å². The lowest BCUT2D eigenvalue weighted by molar-refractivity contribution is -0.0165. The number of nitrogens with one attached hydrogen (secondary N) is 1. The standard InChI is InChI=1S/C14H22N2OS/c1-9(2)11-10(3)15-13(16-12(11)18)14(17-4)7-5-6-8-14/h9H,5-8H2,1-4H3,(H,15,16,18). The predicted octanol–water partition coefficient (Wildman–Crippen LogP) is 3.99. The molecule has 3 nitrogen and oxygen atoms in total. The first-order valence-electron chi connectivity index (χ1n) is 6.66. The Labute approximate surface area is 114 Å². The smallest absolute Gasteiger partial charge is 0.140 e. The number of nitrogens with zero attached hydrogens (tertiary/aromatic N) is 1. The second kappa shape index (κ2) is 5.10. The van der Waals surface area contributed by atoms with Crippen LogP contribution in [0, 0.1) is 11.6 Å². The number of hydrogen-bond acceptors (Lipinski definition) is 3. The lowest BCUT2D eigenvalue weighted by Gasteiger charge is -2.27. The fourth-order valence-corrected chi connectivity index (χ4v) is 3.45. The molecule has 0 aliphatic heterocycles. The Bertz CT molecular complexity index is 487. The molecule has 100 valence electrons. The van der Waals surface area contributed by atoms with Gasteiger partial charge in [0.2, 0.25) is 0 Å². The number of hydrogen-bond donors (Lipinski definition) is 1. The molecule has 2 rings (SSSR count). The van der Waals surface area contributed by atoms with Crippen LogP contribution in [0.4, 0.5) is 0 Å². The maximum absolute atomic E-state index is 5.76. The molecule has 0 saturated heterocycles. The monoisotopic (exact) mass is 266 g/mol. The molecular formula is C14H22N2OS. The van der Waals surface area contributed by atoms with E-state index in [2.05, 4.69) is 30.7 Å². The minimum atomic E-state index is -0.242. The summed E-state index contributed by atoms with van der Waals surface area (Å²) in [4.78, 5) is 8.04. The molecule has 0 radical (unpaired) electrons. The van der Waals surface area contributed by atoms with Gasteiger partial charge in [-0.2, -0.15) is 0 Å². The lowest BCUT2D eigenvalue weighted by Crippen LogP contribution is -2.28. The Kier molecular flexibility index (Phi) is 3.87. The van der Waals surface area contributed by atoms with Gasteiger partial charge in [-0.15, -0.1) is 0 Å². The molecule has 1 aromatic rings. The predicted molar refractivity (Wildman–Crippen MR) is 75.4 cm³/mol. The van der Waals surface area contributed by atoms with Gasteiger partial charge >= 0.3 is 0 Å². The summed E-state index contributed by atoms with van der Waals surface area (Å²) in [6.07, 6.45) is 4.45. The van der Waals surface area contributed by atoms with Crippen molar-refractivity contribution in [1.82, 2.24) is 9.97 Å². The van der Waals surface area contributed by atoms with Crippen LogP contribution in [0.3, 0.4) is 0 Å². The molecule has 1 N–H and O–H groups in total. The Morgan fingerprint density at radius 2 is 1.94 bits per heavy atom. The minimum absolute atomic E-state index is 0.242. The van der Waals surface area contributed by atoms with Crippen LogP contribution >= 0.6 is 12.2 Å². The van der Waals surface area contributed by atoms with Gasteiger partial charge in [0.05, 0.1) is 0 Å². The van der Waals surface area contributed by atoms with Gasteiger partial charge in [-0.1, -0.05) is 26.1 Å². The Morgan fingerprint density at radius 1 is 1.33 bits per heavy atom. The normalized spacial score (nSPS) is 18.5. The summed E-state index contributed by atoms with van der Waals surface area (Å²) in [6, 6.07) is 0. The fourth-order valence-electron chi connectivity index (χ4n) is 2.97. The number of H-pyrrole nitrogens is 1. The zero-order valence-electron chi connectivity index (χ0n) is 11.7. The third-order valence-corrected chi connectivity index (χ3v) is 4.28. The molecule has 4 heteroatoms. The van der Waals surface area contributed by atoms with Crippen LogP contribution in [0.25, 0.3) is 0 Å². The van der Waals surface area contributed by atoms with Gasteiger partial charge in [-0.05, 0) is 38.5 Å². The number of aromatic nitrogens is 2. The molecular weight excluding hydrogens is 244 g/mol. The highest BCUT2D eigenvalue weighted by Crippen LogP contribution is 2.40. The summed E-state index contributed by atoms with van der Waals surface area (Å²) in [5.74, 6) is 1.31. The maximum atomic E-state index is 5.76. The van der Waals surface area contributed by atoms with Crippen LogP contribution in [0.5, 0.6) is 0 Å². The van der Waals surface area contributed by atoms with E-state index in [4.69, 9.17) is 17.0 Å². The summed E-state index contributed by atoms with van der Waals surface area (Å²) >= 11 is 5.45. The second-order valence-electron chi connectivity index (χ2n) is 5.49. The van der Waals surface area contributed by atoms with Gasteiger partial charge in [0.15, 0.2) is 0 Å². The van der Waals surface area contributed by atoms with Crippen molar-refractivity contribution in [2.75, 3.05) is 7.11 Å². The molecule has 1 aliphatic rings. The lowest BCUT2D eigenvalue weighted by atomic mass is 9.99. The van der Waals surface area contributed by atoms with Gasteiger partial charge < -0.3 is 9.72 Å². The van der Waals surface area contributed by atoms with Crippen molar-refractivity contribution in [3.8, 4) is 0 Å². The zero-order chi connectivity index (χ0) is 13.3. The number of aryl methyl sites for hydroxylation is 1. The van der Waals surface area contributed by atoms with Gasteiger partial charge in [-0.3, -0.25) is 0 Å². The van der Waals surface area contributed by atoms with Crippen LogP contribution in [-0.4, -0.2) is 17.1 Å². The van der Waals surface area contributed by atoms with Crippen molar-refractivity contribution in [2.45, 2.75) is 58.0 Å². The van der Waals surface area contributed by atoms with E-state index in [0.717, 1.165) is 34.6 Å². The van der Waals surface area contributed by atoms with E-state index in [1.165, 1.54) is 12.8 Å². The Morgan fingerprint density at radius 3 is 2.39 bits per heavy atom. The Balaban J connectivity index is 2.51. The first-order valence-corrected chi connectivity index (χ1v) is 7.07. The van der Waals surface area contributed by atoms with Crippen molar-refractivity contribution in [2.24, 2.45) is 0 Å². The summed E-state index contributed by atoms with van der Waals surface area (Å²) in [6.45, 7) is 6.37. The first-order chi connectivity index (χ1) is 8.50. The van der Waals surface area contributed by atoms with E-state index >= 15 is 0 Å². The SMILES string of the molecule is COC1(c2nc(=S)c(C(C)C)c(C)[nH]2)CCCC1. The van der Waals surface area contributed by atoms with Crippen molar-refractivity contribution in [3.63, 3.8) is 0 Å². The average Bonchev–Trinajstić information content (AvgIpc) is 2.77. The van der Waals surface area contributed by atoms with E-state index in [-0.39, 0.29) is 5.60 Å². The average molecular weight is 266 g/mol. The van der Waals surface area contributed by atoms with Crippen LogP contribution in [0.2, 0.25) is 0 Å². The summed E-state index contributed by atoms with van der Waals surface area (Å²) in [7, 11) is 1.77. The minimum Gasteiger partial charge on any atom is -0.370 e. The third-order valence-electron chi connectivity index (χ3n) is 3.96. The highest BCUT2D eigenvalue weighted by molar-refractivity contribution is 7.71. The fraction of sp³-hybridized carbons (Fsp3) is 0.714. The first kappa shape index (κ1) is 13.7. The van der Waals surface area contributed by atoms with Gasteiger partial charge in [0, 0.05) is 18.4 Å². The van der Waals surface area contributed by atoms with Gasteiger partial charge in [0.25, 0.3) is 0 Å². The van der Waals surface area contributed by atoms with Crippen molar-refractivity contribution in [3.05, 3.63) is 21.7 Å². The molecule has 0 amide bonds. The van der Waals surface area contributed by atoms with Crippen LogP contribution in [-0.2, 0) is 10.3 Å². The number of aromatic amines is 1. The zero-order valence-corrected chi connectivity index (χ0v) is 12.5. The van der Waals surface area contributed by atoms with E-state index in [9.17, 15) is 0 Å². The van der Waals surface area contributed by atoms with Crippen LogP contribution < -0.4 is 0 Å². The largest absolute Gasteiger partial charge is 0.370 e.